The first kappa shape index (κ1) is 15.5. The minimum absolute atomic E-state index is 0.0138. The molecule has 0 aromatic heterocycles. The molecule has 0 saturated heterocycles. The van der Waals surface area contributed by atoms with Crippen LogP contribution in [0.25, 0.3) is 0 Å². The molecular weight excluding hydrogens is 262 g/mol. The van der Waals surface area contributed by atoms with Crippen LogP contribution in [0.1, 0.15) is 45.0 Å². The summed E-state index contributed by atoms with van der Waals surface area (Å²) in [4.78, 5) is 23.6. The maximum atomic E-state index is 12.4. The number of benzene rings is 1. The highest BCUT2D eigenvalue weighted by molar-refractivity contribution is 5.97. The van der Waals surface area contributed by atoms with Crippen LogP contribution in [0.2, 0.25) is 0 Å². The predicted octanol–water partition coefficient (Wildman–Crippen LogP) is 4.07. The monoisotopic (exact) mass is 285 g/mol. The number of allylic oxidation sites excluding steroid dienone is 2. The molecule has 0 radical (unpaired) electrons. The Bertz CT molecular complexity index is 592. The SMILES string of the molecule is CC(=O)c1ccc(NC(=O)[C@@H]2[C@H](C=C(C)C)C2(C)C)cc1. The van der Waals surface area contributed by atoms with Crippen molar-refractivity contribution in [1.82, 2.24) is 0 Å². The van der Waals surface area contributed by atoms with Gasteiger partial charge in [-0.15, -0.1) is 0 Å². The van der Waals surface area contributed by atoms with Crippen molar-refractivity contribution in [2.24, 2.45) is 17.3 Å². The molecule has 1 aliphatic rings. The summed E-state index contributed by atoms with van der Waals surface area (Å²) < 4.78 is 0. The Morgan fingerprint density at radius 3 is 2.14 bits per heavy atom. The van der Waals surface area contributed by atoms with Gasteiger partial charge in [-0.25, -0.2) is 0 Å². The number of carbonyl (C=O) groups excluding carboxylic acids is 2. The summed E-state index contributed by atoms with van der Waals surface area (Å²) in [6.07, 6.45) is 2.18. The molecule has 0 bridgehead atoms. The molecule has 0 unspecified atom stereocenters. The lowest BCUT2D eigenvalue weighted by molar-refractivity contribution is -0.118. The van der Waals surface area contributed by atoms with Gasteiger partial charge in [0.15, 0.2) is 5.78 Å². The average molecular weight is 285 g/mol. The predicted molar refractivity (Wildman–Crippen MR) is 85.3 cm³/mol. The Kier molecular flexibility index (Phi) is 4.04. The fourth-order valence-corrected chi connectivity index (χ4v) is 2.86. The highest BCUT2D eigenvalue weighted by atomic mass is 16.2. The van der Waals surface area contributed by atoms with Crippen LogP contribution in [0.5, 0.6) is 0 Å². The second-order valence-electron chi connectivity index (χ2n) is 6.69. The van der Waals surface area contributed by atoms with E-state index in [0.717, 1.165) is 5.69 Å². The van der Waals surface area contributed by atoms with Crippen molar-refractivity contribution in [1.29, 1.82) is 0 Å². The highest BCUT2D eigenvalue weighted by Gasteiger charge is 2.60. The van der Waals surface area contributed by atoms with E-state index in [1.807, 2.05) is 0 Å². The molecule has 2 rings (SSSR count). The van der Waals surface area contributed by atoms with E-state index in [1.165, 1.54) is 12.5 Å². The van der Waals surface area contributed by atoms with E-state index >= 15 is 0 Å². The molecule has 3 heteroatoms. The lowest BCUT2D eigenvalue weighted by Gasteiger charge is -2.06. The molecule has 1 aromatic carbocycles. The van der Waals surface area contributed by atoms with Crippen LogP contribution < -0.4 is 5.32 Å². The highest BCUT2D eigenvalue weighted by Crippen LogP contribution is 2.59. The number of ketones is 1. The average Bonchev–Trinajstić information content (AvgIpc) is 2.90. The van der Waals surface area contributed by atoms with E-state index in [0.29, 0.717) is 11.5 Å². The summed E-state index contributed by atoms with van der Waals surface area (Å²) in [6, 6.07) is 7.03. The van der Waals surface area contributed by atoms with Crippen molar-refractivity contribution < 1.29 is 9.59 Å². The Morgan fingerprint density at radius 1 is 1.10 bits per heavy atom. The summed E-state index contributed by atoms with van der Waals surface area (Å²) in [5.74, 6) is 0.400. The smallest absolute Gasteiger partial charge is 0.228 e. The number of Topliss-reactive ketones (excluding diaryl/α,β-unsaturated/α-hetero) is 1. The summed E-state index contributed by atoms with van der Waals surface area (Å²) >= 11 is 0. The molecule has 0 heterocycles. The second kappa shape index (κ2) is 5.47. The van der Waals surface area contributed by atoms with Crippen molar-refractivity contribution in [3.63, 3.8) is 0 Å². The van der Waals surface area contributed by atoms with Crippen molar-refractivity contribution in [3.8, 4) is 0 Å². The Morgan fingerprint density at radius 2 is 1.67 bits per heavy atom. The minimum atomic E-state index is 0.0138. The molecule has 2 atom stereocenters. The molecular formula is C18H23NO2. The fraction of sp³-hybridized carbons (Fsp3) is 0.444. The van der Waals surface area contributed by atoms with Gasteiger partial charge in [-0.1, -0.05) is 25.5 Å². The Hall–Kier alpha value is -1.90. The van der Waals surface area contributed by atoms with Crippen LogP contribution in [0.3, 0.4) is 0 Å². The van der Waals surface area contributed by atoms with Crippen molar-refractivity contribution in [2.75, 3.05) is 5.32 Å². The standard InChI is InChI=1S/C18H23NO2/c1-11(2)10-15-16(18(15,4)5)17(21)19-14-8-6-13(7-9-14)12(3)20/h6-10,15-16H,1-5H3,(H,19,21)/t15-,16-/m0/s1. The van der Waals surface area contributed by atoms with Gasteiger partial charge in [-0.05, 0) is 56.4 Å². The van der Waals surface area contributed by atoms with E-state index in [4.69, 9.17) is 0 Å². The third-order valence-corrected chi connectivity index (χ3v) is 4.27. The quantitative estimate of drug-likeness (QED) is 0.669. The second-order valence-corrected chi connectivity index (χ2v) is 6.69. The zero-order valence-electron chi connectivity index (χ0n) is 13.4. The third-order valence-electron chi connectivity index (χ3n) is 4.27. The van der Waals surface area contributed by atoms with Crippen molar-refractivity contribution in [2.45, 2.75) is 34.6 Å². The molecule has 1 saturated carbocycles. The first-order valence-electron chi connectivity index (χ1n) is 7.30. The third kappa shape index (κ3) is 3.23. The van der Waals surface area contributed by atoms with Gasteiger partial charge < -0.3 is 5.32 Å². The van der Waals surface area contributed by atoms with Crippen molar-refractivity contribution in [3.05, 3.63) is 41.5 Å². The molecule has 112 valence electrons. The first-order valence-corrected chi connectivity index (χ1v) is 7.30. The number of carbonyl (C=O) groups is 2. The molecule has 21 heavy (non-hydrogen) atoms. The van der Waals surface area contributed by atoms with Crippen LogP contribution in [-0.4, -0.2) is 11.7 Å². The first-order chi connectivity index (χ1) is 9.73. The molecule has 0 aliphatic heterocycles. The van der Waals surface area contributed by atoms with E-state index in [1.54, 1.807) is 24.3 Å². The zero-order valence-corrected chi connectivity index (χ0v) is 13.4. The lowest BCUT2D eigenvalue weighted by atomic mass is 10.1. The number of nitrogens with one attached hydrogen (secondary N) is 1. The summed E-state index contributed by atoms with van der Waals surface area (Å²) in [5.41, 5.74) is 2.65. The van der Waals surface area contributed by atoms with Crippen LogP contribution >= 0.6 is 0 Å². The lowest BCUT2D eigenvalue weighted by Crippen LogP contribution is -2.16. The number of amides is 1. The van der Waals surface area contributed by atoms with Gasteiger partial charge in [0.2, 0.25) is 5.91 Å². The van der Waals surface area contributed by atoms with Crippen LogP contribution in [0.4, 0.5) is 5.69 Å². The van der Waals surface area contributed by atoms with Gasteiger partial charge in [-0.3, -0.25) is 9.59 Å². The fourth-order valence-electron chi connectivity index (χ4n) is 2.86. The van der Waals surface area contributed by atoms with Gasteiger partial charge in [0.25, 0.3) is 0 Å². The van der Waals surface area contributed by atoms with Gasteiger partial charge in [-0.2, -0.15) is 0 Å². The van der Waals surface area contributed by atoms with E-state index in [2.05, 4.69) is 39.1 Å². The number of anilines is 1. The Labute approximate surface area is 126 Å². The largest absolute Gasteiger partial charge is 0.326 e. The molecule has 1 aromatic rings. The molecule has 1 amide bonds. The van der Waals surface area contributed by atoms with Crippen LogP contribution in [0.15, 0.2) is 35.9 Å². The minimum Gasteiger partial charge on any atom is -0.326 e. The van der Waals surface area contributed by atoms with Gasteiger partial charge in [0.05, 0.1) is 5.92 Å². The molecule has 1 fully saturated rings. The molecule has 0 spiro atoms. The number of hydrogen-bond acceptors (Lipinski definition) is 2. The number of hydrogen-bond donors (Lipinski definition) is 1. The van der Waals surface area contributed by atoms with Crippen LogP contribution in [0, 0.1) is 17.3 Å². The summed E-state index contributed by atoms with van der Waals surface area (Å²) in [6.45, 7) is 9.90. The summed E-state index contributed by atoms with van der Waals surface area (Å²) in [7, 11) is 0. The van der Waals surface area contributed by atoms with Gasteiger partial charge in [0.1, 0.15) is 0 Å². The normalized spacial score (nSPS) is 22.3. The maximum Gasteiger partial charge on any atom is 0.228 e. The summed E-state index contributed by atoms with van der Waals surface area (Å²) in [5, 5.41) is 2.95. The van der Waals surface area contributed by atoms with E-state index < -0.39 is 0 Å². The molecule has 1 N–H and O–H groups in total. The van der Waals surface area contributed by atoms with E-state index in [9.17, 15) is 9.59 Å². The van der Waals surface area contributed by atoms with E-state index in [-0.39, 0.29) is 23.0 Å². The van der Waals surface area contributed by atoms with Gasteiger partial charge >= 0.3 is 0 Å². The number of rotatable bonds is 4. The van der Waals surface area contributed by atoms with Gasteiger partial charge in [0, 0.05) is 11.3 Å². The van der Waals surface area contributed by atoms with Crippen LogP contribution in [-0.2, 0) is 4.79 Å². The Balaban J connectivity index is 2.05. The zero-order chi connectivity index (χ0) is 15.8. The van der Waals surface area contributed by atoms with Crippen molar-refractivity contribution >= 4 is 17.4 Å². The molecule has 3 nitrogen and oxygen atoms in total. The molecule has 1 aliphatic carbocycles. The topological polar surface area (TPSA) is 46.2 Å². The maximum absolute atomic E-state index is 12.4.